The highest BCUT2D eigenvalue weighted by Crippen LogP contribution is 2.19. The Kier molecular flexibility index (Phi) is 6.57. The van der Waals surface area contributed by atoms with Crippen LogP contribution in [-0.4, -0.2) is 30.1 Å². The Morgan fingerprint density at radius 1 is 1.44 bits per heavy atom. The van der Waals surface area contributed by atoms with Crippen LogP contribution >= 0.6 is 23.1 Å². The first kappa shape index (κ1) is 15.4. The van der Waals surface area contributed by atoms with Gasteiger partial charge in [-0.25, -0.2) is 4.99 Å². The molecule has 1 aromatic rings. The van der Waals surface area contributed by atoms with Crippen molar-refractivity contribution in [3.05, 3.63) is 22.4 Å². The summed E-state index contributed by atoms with van der Waals surface area (Å²) in [7, 11) is 0. The zero-order valence-electron chi connectivity index (χ0n) is 11.6. The van der Waals surface area contributed by atoms with Crippen molar-refractivity contribution < 1.29 is 0 Å². The molecule has 0 amide bonds. The molecule has 0 saturated carbocycles. The van der Waals surface area contributed by atoms with E-state index in [1.807, 2.05) is 11.8 Å². The van der Waals surface area contributed by atoms with Gasteiger partial charge in [-0.2, -0.15) is 11.8 Å². The second kappa shape index (κ2) is 7.69. The van der Waals surface area contributed by atoms with Crippen molar-refractivity contribution in [3.8, 4) is 0 Å². The van der Waals surface area contributed by atoms with E-state index in [-0.39, 0.29) is 4.75 Å². The second-order valence-corrected chi connectivity index (χ2v) is 7.14. The molecule has 18 heavy (non-hydrogen) atoms. The number of thioether (sulfide) groups is 1. The normalized spacial score (nSPS) is 12.6. The summed E-state index contributed by atoms with van der Waals surface area (Å²) < 4.78 is 0.221. The molecule has 0 saturated heterocycles. The van der Waals surface area contributed by atoms with E-state index in [9.17, 15) is 0 Å². The molecule has 0 aliphatic heterocycles. The summed E-state index contributed by atoms with van der Waals surface area (Å²) in [5.41, 5.74) is 0. The van der Waals surface area contributed by atoms with Gasteiger partial charge in [-0.1, -0.05) is 6.07 Å². The first-order valence-corrected chi connectivity index (χ1v) is 8.27. The Labute approximate surface area is 118 Å². The lowest BCUT2D eigenvalue weighted by Gasteiger charge is -2.23. The van der Waals surface area contributed by atoms with Crippen molar-refractivity contribution in [2.24, 2.45) is 4.99 Å². The minimum absolute atomic E-state index is 0.221. The van der Waals surface area contributed by atoms with Crippen LogP contribution in [0.2, 0.25) is 0 Å². The second-order valence-electron chi connectivity index (χ2n) is 4.59. The van der Waals surface area contributed by atoms with Gasteiger partial charge in [0.05, 0.1) is 6.54 Å². The molecule has 1 aromatic heterocycles. The molecular weight excluding hydrogens is 262 g/mol. The summed E-state index contributed by atoms with van der Waals surface area (Å²) in [6, 6.07) is 4.18. The molecule has 0 aliphatic rings. The average molecular weight is 285 g/mol. The molecule has 0 bridgehead atoms. The highest BCUT2D eigenvalue weighted by atomic mass is 32.2. The molecule has 102 valence electrons. The maximum Gasteiger partial charge on any atom is 0.191 e. The monoisotopic (exact) mass is 285 g/mol. The molecule has 2 N–H and O–H groups in total. The standard InChI is InChI=1S/C13H23N3S2/c1-5-14-12(16-10-13(2,3)17-4)15-9-11-7-6-8-18-11/h6-8H,5,9-10H2,1-4H3,(H2,14,15,16). The fourth-order valence-electron chi connectivity index (χ4n) is 1.27. The molecule has 0 radical (unpaired) electrons. The number of hydrogen-bond donors (Lipinski definition) is 2. The number of guanidine groups is 1. The Morgan fingerprint density at radius 3 is 2.78 bits per heavy atom. The first-order valence-electron chi connectivity index (χ1n) is 6.17. The maximum atomic E-state index is 4.59. The van der Waals surface area contributed by atoms with E-state index in [1.54, 1.807) is 11.3 Å². The molecule has 0 unspecified atom stereocenters. The summed E-state index contributed by atoms with van der Waals surface area (Å²) in [6.07, 6.45) is 2.14. The summed E-state index contributed by atoms with van der Waals surface area (Å²) >= 11 is 3.60. The Morgan fingerprint density at radius 2 is 2.22 bits per heavy atom. The van der Waals surface area contributed by atoms with E-state index >= 15 is 0 Å². The summed E-state index contributed by atoms with van der Waals surface area (Å²) in [4.78, 5) is 5.88. The number of thiophene rings is 1. The Hall–Kier alpha value is -0.680. The van der Waals surface area contributed by atoms with Crippen LogP contribution in [-0.2, 0) is 6.54 Å². The van der Waals surface area contributed by atoms with Crippen molar-refractivity contribution in [3.63, 3.8) is 0 Å². The summed E-state index contributed by atoms with van der Waals surface area (Å²) in [6.45, 7) is 9.08. The van der Waals surface area contributed by atoms with Crippen LogP contribution in [0.5, 0.6) is 0 Å². The van der Waals surface area contributed by atoms with Crippen LogP contribution in [0.3, 0.4) is 0 Å². The van der Waals surface area contributed by atoms with Crippen LogP contribution in [0.25, 0.3) is 0 Å². The van der Waals surface area contributed by atoms with Crippen LogP contribution in [0.15, 0.2) is 22.5 Å². The topological polar surface area (TPSA) is 36.4 Å². The lowest BCUT2D eigenvalue weighted by molar-refractivity contribution is 0.665. The van der Waals surface area contributed by atoms with Crippen molar-refractivity contribution in [1.29, 1.82) is 0 Å². The van der Waals surface area contributed by atoms with Crippen molar-refractivity contribution in [1.82, 2.24) is 10.6 Å². The number of rotatable bonds is 6. The van der Waals surface area contributed by atoms with E-state index < -0.39 is 0 Å². The van der Waals surface area contributed by atoms with Gasteiger partial charge in [0, 0.05) is 22.7 Å². The third-order valence-electron chi connectivity index (χ3n) is 2.55. The Balaban J connectivity index is 2.51. The molecule has 5 heteroatoms. The summed E-state index contributed by atoms with van der Waals surface area (Å²) in [5.74, 6) is 0.896. The minimum atomic E-state index is 0.221. The highest BCUT2D eigenvalue weighted by molar-refractivity contribution is 7.99. The molecule has 1 heterocycles. The predicted octanol–water partition coefficient (Wildman–Crippen LogP) is 2.94. The maximum absolute atomic E-state index is 4.59. The lowest BCUT2D eigenvalue weighted by atomic mass is 10.2. The van der Waals surface area contributed by atoms with E-state index in [0.717, 1.165) is 25.6 Å². The molecule has 0 fully saturated rings. The minimum Gasteiger partial charge on any atom is -0.357 e. The van der Waals surface area contributed by atoms with E-state index in [1.165, 1.54) is 4.88 Å². The number of nitrogens with zero attached hydrogens (tertiary/aromatic N) is 1. The zero-order chi connectivity index (χ0) is 13.4. The van der Waals surface area contributed by atoms with Gasteiger partial charge in [0.1, 0.15) is 0 Å². The van der Waals surface area contributed by atoms with Gasteiger partial charge < -0.3 is 10.6 Å². The zero-order valence-corrected chi connectivity index (χ0v) is 13.3. The fraction of sp³-hybridized carbons (Fsp3) is 0.615. The molecule has 0 spiro atoms. The summed E-state index contributed by atoms with van der Waals surface area (Å²) in [5, 5.41) is 8.76. The number of aliphatic imine (C=N–C) groups is 1. The Bertz CT molecular complexity index is 358. The van der Waals surface area contributed by atoms with Crippen LogP contribution in [0, 0.1) is 0 Å². The third-order valence-corrected chi connectivity index (χ3v) is 4.66. The van der Waals surface area contributed by atoms with Gasteiger partial charge in [-0.05, 0) is 38.5 Å². The van der Waals surface area contributed by atoms with E-state index in [0.29, 0.717) is 0 Å². The molecule has 0 atom stereocenters. The predicted molar refractivity (Wildman–Crippen MR) is 84.7 cm³/mol. The van der Waals surface area contributed by atoms with Gasteiger partial charge >= 0.3 is 0 Å². The van der Waals surface area contributed by atoms with Crippen LogP contribution in [0.1, 0.15) is 25.6 Å². The first-order chi connectivity index (χ1) is 8.57. The van der Waals surface area contributed by atoms with Gasteiger partial charge in [-0.15, -0.1) is 11.3 Å². The van der Waals surface area contributed by atoms with E-state index in [2.05, 4.69) is 60.2 Å². The van der Waals surface area contributed by atoms with E-state index in [4.69, 9.17) is 0 Å². The SMILES string of the molecule is CCNC(=NCc1cccs1)NCC(C)(C)SC. The molecule has 0 aromatic carbocycles. The van der Waals surface area contributed by atoms with Crippen LogP contribution < -0.4 is 10.6 Å². The van der Waals surface area contributed by atoms with Gasteiger partial charge in [0.25, 0.3) is 0 Å². The largest absolute Gasteiger partial charge is 0.357 e. The van der Waals surface area contributed by atoms with Crippen molar-refractivity contribution in [2.75, 3.05) is 19.3 Å². The average Bonchev–Trinajstić information content (AvgIpc) is 2.86. The van der Waals surface area contributed by atoms with Crippen molar-refractivity contribution >= 4 is 29.1 Å². The highest BCUT2D eigenvalue weighted by Gasteiger charge is 2.15. The van der Waals surface area contributed by atoms with Gasteiger partial charge in [-0.3, -0.25) is 0 Å². The smallest absolute Gasteiger partial charge is 0.191 e. The quantitative estimate of drug-likeness (QED) is 0.623. The fourth-order valence-corrected chi connectivity index (χ4v) is 2.11. The lowest BCUT2D eigenvalue weighted by Crippen LogP contribution is -2.43. The molecule has 1 rings (SSSR count). The van der Waals surface area contributed by atoms with Crippen molar-refractivity contribution in [2.45, 2.75) is 32.1 Å². The number of nitrogens with one attached hydrogen (secondary N) is 2. The molecular formula is C13H23N3S2. The van der Waals surface area contributed by atoms with Gasteiger partial charge in [0.15, 0.2) is 5.96 Å². The van der Waals surface area contributed by atoms with Gasteiger partial charge in [0.2, 0.25) is 0 Å². The van der Waals surface area contributed by atoms with Crippen LogP contribution in [0.4, 0.5) is 0 Å². The third kappa shape index (κ3) is 5.78. The number of hydrogen-bond acceptors (Lipinski definition) is 3. The molecule has 0 aliphatic carbocycles. The molecule has 3 nitrogen and oxygen atoms in total.